The van der Waals surface area contributed by atoms with Crippen molar-refractivity contribution in [2.75, 3.05) is 12.9 Å². The number of methoxy groups -OCH3 is 1. The van der Waals surface area contributed by atoms with Crippen molar-refractivity contribution < 1.29 is 9.53 Å². The van der Waals surface area contributed by atoms with Crippen LogP contribution in [0.15, 0.2) is 53.0 Å². The highest BCUT2D eigenvalue weighted by Gasteiger charge is 2.18. The molecule has 0 amide bonds. The minimum atomic E-state index is 0.111. The van der Waals surface area contributed by atoms with Crippen molar-refractivity contribution in [3.8, 4) is 17.1 Å². The first kappa shape index (κ1) is 22.4. The second kappa shape index (κ2) is 9.75. The zero-order chi connectivity index (χ0) is 22.7. The molecule has 4 rings (SSSR count). The van der Waals surface area contributed by atoms with E-state index in [1.165, 1.54) is 16.6 Å². The molecule has 3 heterocycles. The number of carbonyl (C=O) groups is 1. The number of ketones is 1. The van der Waals surface area contributed by atoms with Gasteiger partial charge in [0.25, 0.3) is 0 Å². The van der Waals surface area contributed by atoms with Crippen LogP contribution in [0.1, 0.15) is 26.6 Å². The Labute approximate surface area is 196 Å². The highest BCUT2D eigenvalue weighted by atomic mass is 32.2. The van der Waals surface area contributed by atoms with Crippen LogP contribution in [-0.2, 0) is 20.0 Å². The van der Waals surface area contributed by atoms with Crippen LogP contribution in [0.3, 0.4) is 0 Å². The molecule has 0 unspecified atom stereocenters. The summed E-state index contributed by atoms with van der Waals surface area (Å²) in [5.74, 6) is 1.99. The minimum Gasteiger partial charge on any atom is -0.497 e. The molecule has 0 spiro atoms. The highest BCUT2D eigenvalue weighted by Crippen LogP contribution is 2.26. The molecule has 1 aromatic carbocycles. The van der Waals surface area contributed by atoms with Crippen molar-refractivity contribution in [1.82, 2.24) is 19.3 Å². The average molecular weight is 467 g/mol. The van der Waals surface area contributed by atoms with E-state index in [9.17, 15) is 4.79 Å². The van der Waals surface area contributed by atoms with E-state index in [1.54, 1.807) is 18.4 Å². The monoisotopic (exact) mass is 466 g/mol. The van der Waals surface area contributed by atoms with E-state index < -0.39 is 0 Å². The van der Waals surface area contributed by atoms with Crippen LogP contribution >= 0.6 is 23.1 Å². The van der Waals surface area contributed by atoms with E-state index in [1.807, 2.05) is 48.9 Å². The number of aryl methyl sites for hydroxylation is 2. The van der Waals surface area contributed by atoms with E-state index in [4.69, 9.17) is 4.74 Å². The number of thioether (sulfide) groups is 1. The molecule has 6 nitrogen and oxygen atoms in total. The molecule has 4 aromatic rings. The number of thiophene rings is 1. The Morgan fingerprint density at radius 2 is 1.94 bits per heavy atom. The number of ether oxygens (including phenoxy) is 1. The Morgan fingerprint density at radius 1 is 1.16 bits per heavy atom. The first-order chi connectivity index (χ1) is 15.5. The molecule has 0 saturated heterocycles. The zero-order valence-corrected chi connectivity index (χ0v) is 20.3. The Balaban J connectivity index is 1.43. The molecule has 0 N–H and O–H groups in total. The molecule has 0 aliphatic rings. The number of aromatic nitrogens is 4. The van der Waals surface area contributed by atoms with Gasteiger partial charge in [0.05, 0.1) is 12.9 Å². The second-order valence-electron chi connectivity index (χ2n) is 7.57. The smallest absolute Gasteiger partial charge is 0.191 e. The van der Waals surface area contributed by atoms with Gasteiger partial charge in [0, 0.05) is 41.0 Å². The number of benzene rings is 1. The Hall–Kier alpha value is -2.84. The van der Waals surface area contributed by atoms with E-state index in [0.717, 1.165) is 52.2 Å². The van der Waals surface area contributed by atoms with Gasteiger partial charge in [-0.15, -0.1) is 21.5 Å². The Kier molecular flexibility index (Phi) is 6.81. The van der Waals surface area contributed by atoms with Crippen molar-refractivity contribution in [2.45, 2.75) is 32.0 Å². The molecule has 0 bridgehead atoms. The van der Waals surface area contributed by atoms with E-state index in [2.05, 4.69) is 39.2 Å². The van der Waals surface area contributed by atoms with Gasteiger partial charge in [0.15, 0.2) is 16.8 Å². The van der Waals surface area contributed by atoms with Crippen LogP contribution in [0.4, 0.5) is 0 Å². The largest absolute Gasteiger partial charge is 0.497 e. The van der Waals surface area contributed by atoms with Crippen LogP contribution in [0.2, 0.25) is 0 Å². The summed E-state index contributed by atoms with van der Waals surface area (Å²) in [6.45, 7) is 4.98. The molecular formula is C24H26N4O2S2. The molecule has 166 valence electrons. The Morgan fingerprint density at radius 3 is 2.62 bits per heavy atom. The number of carbonyl (C=O) groups excluding carboxylic acids is 1. The van der Waals surface area contributed by atoms with Crippen LogP contribution in [0, 0.1) is 13.8 Å². The van der Waals surface area contributed by atoms with E-state index in [0.29, 0.717) is 5.75 Å². The summed E-state index contributed by atoms with van der Waals surface area (Å²) in [5, 5.41) is 11.4. The fourth-order valence-corrected chi connectivity index (χ4v) is 5.24. The quantitative estimate of drug-likeness (QED) is 0.251. The molecule has 0 atom stereocenters. The van der Waals surface area contributed by atoms with Gasteiger partial charge in [-0.1, -0.05) is 17.8 Å². The third kappa shape index (κ3) is 4.66. The highest BCUT2D eigenvalue weighted by molar-refractivity contribution is 7.99. The number of rotatable bonds is 9. The lowest BCUT2D eigenvalue weighted by Crippen LogP contribution is -2.08. The predicted octanol–water partition coefficient (Wildman–Crippen LogP) is 5.19. The topological polar surface area (TPSA) is 61.9 Å². The van der Waals surface area contributed by atoms with Gasteiger partial charge < -0.3 is 13.9 Å². The fraction of sp³-hybridized carbons (Fsp3) is 0.292. The summed E-state index contributed by atoms with van der Waals surface area (Å²) in [6.07, 6.45) is 0.976. The third-order valence-corrected chi connectivity index (χ3v) is 7.51. The maximum Gasteiger partial charge on any atom is 0.191 e. The predicted molar refractivity (Wildman–Crippen MR) is 130 cm³/mol. The van der Waals surface area contributed by atoms with Crippen LogP contribution in [0.25, 0.3) is 11.4 Å². The molecule has 32 heavy (non-hydrogen) atoms. The fourth-order valence-electron chi connectivity index (χ4n) is 3.74. The van der Waals surface area contributed by atoms with Crippen molar-refractivity contribution in [3.05, 3.63) is 69.7 Å². The molecular weight excluding hydrogens is 440 g/mol. The SMILES string of the molecule is COc1ccc(-c2nnc(SCC(=O)c3cc(C)n(CCc4cccs4)c3C)n2C)cc1. The zero-order valence-electron chi connectivity index (χ0n) is 18.7. The summed E-state index contributed by atoms with van der Waals surface area (Å²) in [7, 11) is 3.56. The standard InChI is InChI=1S/C24H26N4O2S2/c1-16-14-21(17(2)28(16)12-11-20-6-5-13-31-20)22(29)15-32-24-26-25-23(27(24)3)18-7-9-19(30-4)10-8-18/h5-10,13-14H,11-12,15H2,1-4H3. The molecule has 0 radical (unpaired) electrons. The summed E-state index contributed by atoms with van der Waals surface area (Å²) >= 11 is 3.19. The summed E-state index contributed by atoms with van der Waals surface area (Å²) in [6, 6.07) is 13.9. The van der Waals surface area contributed by atoms with Crippen molar-refractivity contribution in [2.24, 2.45) is 7.05 Å². The minimum absolute atomic E-state index is 0.111. The van der Waals surface area contributed by atoms with Crippen molar-refractivity contribution in [3.63, 3.8) is 0 Å². The molecule has 3 aromatic heterocycles. The average Bonchev–Trinajstić information content (AvgIpc) is 3.51. The molecule has 8 heteroatoms. The van der Waals surface area contributed by atoms with Gasteiger partial charge in [0.2, 0.25) is 0 Å². The number of Topliss-reactive ketones (excluding diaryl/α,β-unsaturated/α-hetero) is 1. The van der Waals surface area contributed by atoms with Gasteiger partial charge in [0.1, 0.15) is 5.75 Å². The van der Waals surface area contributed by atoms with E-state index >= 15 is 0 Å². The molecule has 0 aliphatic heterocycles. The van der Waals surface area contributed by atoms with Crippen LogP contribution in [-0.4, -0.2) is 38.0 Å². The van der Waals surface area contributed by atoms with Gasteiger partial charge >= 0.3 is 0 Å². The summed E-state index contributed by atoms with van der Waals surface area (Å²) < 4.78 is 9.37. The lowest BCUT2D eigenvalue weighted by atomic mass is 10.2. The number of nitrogens with zero attached hydrogens (tertiary/aromatic N) is 4. The third-order valence-electron chi connectivity index (χ3n) is 5.55. The number of hydrogen-bond acceptors (Lipinski definition) is 6. The maximum absolute atomic E-state index is 13.0. The molecule has 0 fully saturated rings. The van der Waals surface area contributed by atoms with E-state index in [-0.39, 0.29) is 5.78 Å². The Bertz CT molecular complexity index is 1210. The summed E-state index contributed by atoms with van der Waals surface area (Å²) in [5.41, 5.74) is 3.89. The lowest BCUT2D eigenvalue weighted by molar-refractivity contribution is 0.102. The van der Waals surface area contributed by atoms with Crippen molar-refractivity contribution >= 4 is 28.9 Å². The van der Waals surface area contributed by atoms with Gasteiger partial charge in [-0.3, -0.25) is 4.79 Å². The first-order valence-electron chi connectivity index (χ1n) is 10.4. The summed E-state index contributed by atoms with van der Waals surface area (Å²) in [4.78, 5) is 14.3. The maximum atomic E-state index is 13.0. The van der Waals surface area contributed by atoms with Gasteiger partial charge in [-0.2, -0.15) is 0 Å². The lowest BCUT2D eigenvalue weighted by Gasteiger charge is -2.09. The molecule has 0 saturated carbocycles. The number of hydrogen-bond donors (Lipinski definition) is 0. The second-order valence-corrected chi connectivity index (χ2v) is 9.55. The van der Waals surface area contributed by atoms with Gasteiger partial charge in [-0.05, 0) is 62.0 Å². The normalized spacial score (nSPS) is 11.1. The van der Waals surface area contributed by atoms with Crippen LogP contribution in [0.5, 0.6) is 5.75 Å². The van der Waals surface area contributed by atoms with Gasteiger partial charge in [-0.25, -0.2) is 0 Å². The molecule has 0 aliphatic carbocycles. The first-order valence-corrected chi connectivity index (χ1v) is 12.2. The van der Waals surface area contributed by atoms with Crippen molar-refractivity contribution in [1.29, 1.82) is 0 Å². The van der Waals surface area contributed by atoms with Crippen LogP contribution < -0.4 is 4.74 Å².